The molecule has 5 unspecified atom stereocenters. The van der Waals surface area contributed by atoms with E-state index in [4.69, 9.17) is 9.72 Å². The van der Waals surface area contributed by atoms with E-state index < -0.39 is 11.0 Å². The summed E-state index contributed by atoms with van der Waals surface area (Å²) in [5.74, 6) is 0.461. The fraction of sp³-hybridized carbons (Fsp3) is 0.657. The van der Waals surface area contributed by atoms with Gasteiger partial charge in [-0.25, -0.2) is 0 Å². The highest BCUT2D eigenvalue weighted by Crippen LogP contribution is 2.58. The van der Waals surface area contributed by atoms with E-state index in [9.17, 15) is 15.0 Å². The molecule has 7 nitrogen and oxygen atoms in total. The number of pyridine rings is 1. The third-order valence-corrected chi connectivity index (χ3v) is 12.4. The molecular formula is C35H47N3O4. The van der Waals surface area contributed by atoms with Crippen molar-refractivity contribution in [2.75, 3.05) is 19.7 Å². The first-order valence-corrected chi connectivity index (χ1v) is 16.3. The Morgan fingerprint density at radius 2 is 1.95 bits per heavy atom. The molecule has 1 aromatic carbocycles. The van der Waals surface area contributed by atoms with Gasteiger partial charge < -0.3 is 20.3 Å². The van der Waals surface area contributed by atoms with Crippen molar-refractivity contribution in [1.82, 2.24) is 15.2 Å². The Kier molecular flexibility index (Phi) is 6.95. The summed E-state index contributed by atoms with van der Waals surface area (Å²) in [6.07, 6.45) is 12.3. The summed E-state index contributed by atoms with van der Waals surface area (Å²) in [5.41, 5.74) is 1.70. The normalized spacial score (nSPS) is 37.8. The number of nitrogens with zero attached hydrogens (tertiary/aromatic N) is 2. The van der Waals surface area contributed by atoms with Crippen molar-refractivity contribution >= 4 is 5.91 Å². The van der Waals surface area contributed by atoms with Gasteiger partial charge in [-0.1, -0.05) is 25.0 Å². The first-order chi connectivity index (χ1) is 20.2. The number of aromatic hydroxyl groups is 1. The summed E-state index contributed by atoms with van der Waals surface area (Å²) in [4.78, 5) is 20.0. The summed E-state index contributed by atoms with van der Waals surface area (Å²) in [5, 5.41) is 26.8. The van der Waals surface area contributed by atoms with Crippen LogP contribution in [0.2, 0.25) is 0 Å². The van der Waals surface area contributed by atoms with E-state index in [0.717, 1.165) is 69.3 Å². The number of hydrogen-bond donors (Lipinski definition) is 3. The molecule has 2 saturated carbocycles. The Hall–Kier alpha value is -2.48. The van der Waals surface area contributed by atoms with Crippen LogP contribution in [0.15, 0.2) is 42.6 Å². The molecule has 5 aliphatic rings. The summed E-state index contributed by atoms with van der Waals surface area (Å²) in [6, 6.07) is 11.9. The Bertz CT molecular complexity index is 1330. The molecule has 1 aromatic heterocycles. The maximum atomic E-state index is 13.0. The number of rotatable bonds is 5. The molecule has 1 spiro atoms. The molecule has 42 heavy (non-hydrogen) atoms. The highest BCUT2D eigenvalue weighted by molar-refractivity contribution is 5.79. The first kappa shape index (κ1) is 28.3. The minimum absolute atomic E-state index is 0.0239. The van der Waals surface area contributed by atoms with Gasteiger partial charge >= 0.3 is 0 Å². The van der Waals surface area contributed by atoms with Crippen molar-refractivity contribution in [3.05, 3.63) is 59.4 Å². The van der Waals surface area contributed by atoms with Crippen LogP contribution in [0.25, 0.3) is 0 Å². The number of hydrogen-bond acceptors (Lipinski definition) is 6. The molecule has 3 saturated heterocycles. The minimum Gasteiger partial charge on any atom is -0.508 e. The van der Waals surface area contributed by atoms with Gasteiger partial charge in [-0.2, -0.15) is 0 Å². The zero-order chi connectivity index (χ0) is 29.2. The predicted octanol–water partition coefficient (Wildman–Crippen LogP) is 4.91. The second-order valence-electron chi connectivity index (χ2n) is 14.4. The number of nitrogens with one attached hydrogen (secondary N) is 1. The zero-order valence-corrected chi connectivity index (χ0v) is 25.3. The van der Waals surface area contributed by atoms with Crippen LogP contribution in [-0.2, 0) is 20.4 Å². The number of benzene rings is 1. The first-order valence-electron chi connectivity index (χ1n) is 16.3. The second kappa shape index (κ2) is 10.3. The fourth-order valence-electron chi connectivity index (χ4n) is 10.1. The highest BCUT2D eigenvalue weighted by atomic mass is 16.5. The van der Waals surface area contributed by atoms with Crippen LogP contribution < -0.4 is 5.32 Å². The maximum absolute atomic E-state index is 13.0. The molecule has 0 bridgehead atoms. The van der Waals surface area contributed by atoms with Gasteiger partial charge in [-0.15, -0.1) is 0 Å². The molecule has 1 amide bonds. The molecule has 3 aliphatic heterocycles. The Labute approximate surface area is 250 Å². The van der Waals surface area contributed by atoms with Crippen molar-refractivity contribution in [3.8, 4) is 5.75 Å². The van der Waals surface area contributed by atoms with Gasteiger partial charge in [0.1, 0.15) is 5.75 Å². The molecule has 3 N–H and O–H groups in total. The summed E-state index contributed by atoms with van der Waals surface area (Å²) >= 11 is 0. The number of aryl methyl sites for hydroxylation is 1. The second-order valence-corrected chi connectivity index (χ2v) is 14.4. The van der Waals surface area contributed by atoms with E-state index in [0.29, 0.717) is 19.3 Å². The lowest BCUT2D eigenvalue weighted by molar-refractivity contribution is -0.169. The number of aliphatic hydroxyl groups is 1. The van der Waals surface area contributed by atoms with Gasteiger partial charge in [-0.3, -0.25) is 14.7 Å². The lowest BCUT2D eigenvalue weighted by Gasteiger charge is -2.62. The molecule has 7 rings (SSSR count). The molecule has 4 heterocycles. The van der Waals surface area contributed by atoms with Crippen molar-refractivity contribution < 1.29 is 19.7 Å². The van der Waals surface area contributed by atoms with Gasteiger partial charge in [0.2, 0.25) is 5.91 Å². The molecule has 0 radical (unpaired) electrons. The minimum atomic E-state index is -1.02. The van der Waals surface area contributed by atoms with E-state index >= 15 is 0 Å². The molecule has 2 aliphatic carbocycles. The zero-order valence-electron chi connectivity index (χ0n) is 25.3. The van der Waals surface area contributed by atoms with Crippen LogP contribution in [0.5, 0.6) is 5.75 Å². The SMILES string of the molecule is Cc1ccc(O)cc1C12CCN(CC[C@@]3(c4ccccn4)CCOC4(CCCC4)C3)C(C)C1(O)CC1CC(=O)NC1C2. The Balaban J connectivity index is 1.21. The van der Waals surface area contributed by atoms with Crippen LogP contribution in [0, 0.1) is 12.8 Å². The lowest BCUT2D eigenvalue weighted by Crippen LogP contribution is -2.72. The smallest absolute Gasteiger partial charge is 0.220 e. The number of phenols is 1. The van der Waals surface area contributed by atoms with Gasteiger partial charge in [0, 0.05) is 47.8 Å². The van der Waals surface area contributed by atoms with Crippen molar-refractivity contribution in [1.29, 1.82) is 0 Å². The molecule has 5 fully saturated rings. The van der Waals surface area contributed by atoms with Crippen LogP contribution >= 0.6 is 0 Å². The van der Waals surface area contributed by atoms with E-state index in [2.05, 4.69) is 36.2 Å². The van der Waals surface area contributed by atoms with Crippen LogP contribution in [0.4, 0.5) is 0 Å². The number of amides is 1. The Morgan fingerprint density at radius 1 is 1.12 bits per heavy atom. The van der Waals surface area contributed by atoms with Crippen LogP contribution in [0.1, 0.15) is 94.4 Å². The van der Waals surface area contributed by atoms with Crippen molar-refractivity contribution in [3.63, 3.8) is 0 Å². The maximum Gasteiger partial charge on any atom is 0.220 e. The lowest BCUT2D eigenvalue weighted by atomic mass is 9.50. The largest absolute Gasteiger partial charge is 0.508 e. The van der Waals surface area contributed by atoms with Crippen LogP contribution in [-0.4, -0.2) is 69.0 Å². The molecule has 226 valence electrons. The van der Waals surface area contributed by atoms with Crippen molar-refractivity contribution in [2.45, 2.75) is 119 Å². The topological polar surface area (TPSA) is 94.9 Å². The average Bonchev–Trinajstić information content (AvgIpc) is 3.58. The number of piperidine rings is 1. The van der Waals surface area contributed by atoms with E-state index in [-0.39, 0.29) is 40.7 Å². The van der Waals surface area contributed by atoms with Gasteiger partial charge in [0.05, 0.1) is 11.2 Å². The van der Waals surface area contributed by atoms with Gasteiger partial charge in [-0.05, 0) is 120 Å². The van der Waals surface area contributed by atoms with E-state index in [1.165, 1.54) is 18.5 Å². The standard InChI is InChI=1S/C35H47N3O4/c1-24-8-9-27(39)20-28(24)34-13-17-38(25(2)35(34,41)21-26-19-31(40)37-29(26)22-34)16-12-32(30-7-3-6-15-36-30)14-18-42-33(23-32)10-4-5-11-33/h3,6-9,15,20,25-26,29,39,41H,4-5,10-14,16-19,21-23H2,1-2H3,(H,37,40)/t25?,26?,29?,32-,34?,35?/m1/s1. The monoisotopic (exact) mass is 573 g/mol. The number of fused-ring (bicyclic) bond motifs is 2. The quantitative estimate of drug-likeness (QED) is 0.471. The highest BCUT2D eigenvalue weighted by Gasteiger charge is 2.64. The number of ether oxygens (including phenoxy) is 1. The van der Waals surface area contributed by atoms with Gasteiger partial charge in [0.15, 0.2) is 0 Å². The summed E-state index contributed by atoms with van der Waals surface area (Å²) in [7, 11) is 0. The Morgan fingerprint density at radius 3 is 2.74 bits per heavy atom. The number of likely N-dealkylation sites (tertiary alicyclic amines) is 1. The molecular weight excluding hydrogens is 526 g/mol. The van der Waals surface area contributed by atoms with Gasteiger partial charge in [0.25, 0.3) is 0 Å². The van der Waals surface area contributed by atoms with Crippen molar-refractivity contribution in [2.24, 2.45) is 5.92 Å². The third kappa shape index (κ3) is 4.41. The predicted molar refractivity (Wildman–Crippen MR) is 161 cm³/mol. The summed E-state index contributed by atoms with van der Waals surface area (Å²) < 4.78 is 6.50. The number of phenolic OH excluding ortho intramolecular Hbond substituents is 1. The third-order valence-electron chi connectivity index (χ3n) is 12.4. The fourth-order valence-corrected chi connectivity index (χ4v) is 10.1. The molecule has 7 heteroatoms. The number of carbonyl (C=O) groups is 1. The number of carbonyl (C=O) groups excluding carboxylic acids is 1. The van der Waals surface area contributed by atoms with Crippen LogP contribution in [0.3, 0.4) is 0 Å². The average molecular weight is 574 g/mol. The van der Waals surface area contributed by atoms with E-state index in [1.807, 2.05) is 24.4 Å². The number of aromatic nitrogens is 1. The molecule has 2 aromatic rings. The summed E-state index contributed by atoms with van der Waals surface area (Å²) in [6.45, 7) is 6.81. The molecule has 6 atom stereocenters. The van der Waals surface area contributed by atoms with E-state index in [1.54, 1.807) is 6.07 Å².